The number of benzene rings is 3. The first-order chi connectivity index (χ1) is 16.6. The second-order valence-corrected chi connectivity index (χ2v) is 7.57. The molecule has 1 atom stereocenters. The maximum atomic E-state index is 12.8. The second-order valence-electron chi connectivity index (χ2n) is 7.57. The first kappa shape index (κ1) is 22.8. The van der Waals surface area contributed by atoms with Crippen LogP contribution in [-0.4, -0.2) is 31.2 Å². The molecule has 34 heavy (non-hydrogen) atoms. The lowest BCUT2D eigenvalue weighted by Gasteiger charge is -2.29. The highest BCUT2D eigenvalue weighted by atomic mass is 16.5. The minimum Gasteiger partial charge on any atom is -0.463 e. The van der Waals surface area contributed by atoms with Gasteiger partial charge in [-0.3, -0.25) is 0 Å². The number of ether oxygens (including phenoxy) is 2. The summed E-state index contributed by atoms with van der Waals surface area (Å²) in [6, 6.07) is 24.7. The zero-order valence-electron chi connectivity index (χ0n) is 18.6. The predicted octanol–water partition coefficient (Wildman–Crippen LogP) is 4.38. The van der Waals surface area contributed by atoms with E-state index in [2.05, 4.69) is 10.6 Å². The van der Waals surface area contributed by atoms with Crippen molar-refractivity contribution in [3.63, 3.8) is 0 Å². The van der Waals surface area contributed by atoms with Crippen LogP contribution in [0.3, 0.4) is 0 Å². The number of carbonyl (C=O) groups is 3. The normalized spacial score (nSPS) is 15.2. The molecule has 2 N–H and O–H groups in total. The highest BCUT2D eigenvalue weighted by Crippen LogP contribution is 2.28. The Morgan fingerprint density at radius 2 is 1.41 bits per heavy atom. The predicted molar refractivity (Wildman–Crippen MR) is 127 cm³/mol. The average Bonchev–Trinajstić information content (AvgIpc) is 2.88. The van der Waals surface area contributed by atoms with Gasteiger partial charge in [0.15, 0.2) is 0 Å². The molecule has 1 aliphatic rings. The van der Waals surface area contributed by atoms with Crippen molar-refractivity contribution in [2.24, 2.45) is 0 Å². The fraction of sp³-hybridized carbons (Fsp3) is 0.148. The molecule has 0 bridgehead atoms. The first-order valence-corrected chi connectivity index (χ1v) is 10.9. The lowest BCUT2D eigenvalue weighted by Crippen LogP contribution is -2.47. The van der Waals surface area contributed by atoms with Gasteiger partial charge in [-0.2, -0.15) is 0 Å². The third kappa shape index (κ3) is 5.15. The van der Waals surface area contributed by atoms with Gasteiger partial charge in [-0.15, -0.1) is 0 Å². The lowest BCUT2D eigenvalue weighted by molar-refractivity contribution is -0.139. The molecule has 3 aromatic carbocycles. The number of hydrogen-bond acceptors (Lipinski definition) is 5. The Labute approximate surface area is 197 Å². The molecule has 0 spiro atoms. The van der Waals surface area contributed by atoms with Crippen LogP contribution in [0.1, 0.15) is 28.9 Å². The van der Waals surface area contributed by atoms with Crippen molar-refractivity contribution >= 4 is 18.0 Å². The lowest BCUT2D eigenvalue weighted by atomic mass is 9.95. The minimum absolute atomic E-state index is 0.165. The van der Waals surface area contributed by atoms with E-state index in [1.54, 1.807) is 31.2 Å². The molecule has 0 aromatic heterocycles. The summed E-state index contributed by atoms with van der Waals surface area (Å²) in [6.07, 6.45) is 0. The van der Waals surface area contributed by atoms with E-state index in [1.165, 1.54) is 0 Å². The zero-order valence-corrected chi connectivity index (χ0v) is 18.6. The van der Waals surface area contributed by atoms with Crippen molar-refractivity contribution in [2.75, 3.05) is 13.2 Å². The van der Waals surface area contributed by atoms with E-state index in [-0.39, 0.29) is 24.5 Å². The van der Waals surface area contributed by atoms with E-state index >= 15 is 0 Å². The topological polar surface area (TPSA) is 93.7 Å². The summed E-state index contributed by atoms with van der Waals surface area (Å²) in [5.74, 6) is -1.17. The van der Waals surface area contributed by atoms with Gasteiger partial charge in [0.2, 0.25) is 0 Å². The molecule has 0 radical (unpaired) electrons. The molecule has 1 aliphatic heterocycles. The van der Waals surface area contributed by atoms with Gasteiger partial charge in [-0.05, 0) is 35.7 Å². The number of esters is 2. The van der Waals surface area contributed by atoms with Gasteiger partial charge in [0, 0.05) is 0 Å². The Bertz CT molecular complexity index is 1200. The maximum Gasteiger partial charge on any atom is 0.338 e. The van der Waals surface area contributed by atoms with E-state index in [0.29, 0.717) is 11.1 Å². The fourth-order valence-corrected chi connectivity index (χ4v) is 3.73. The number of urea groups is 1. The van der Waals surface area contributed by atoms with E-state index in [4.69, 9.17) is 9.47 Å². The van der Waals surface area contributed by atoms with Crippen molar-refractivity contribution in [3.05, 3.63) is 107 Å². The molecule has 0 unspecified atom stereocenters. The summed E-state index contributed by atoms with van der Waals surface area (Å²) in [7, 11) is 0. The molecule has 7 heteroatoms. The Hall–Kier alpha value is -4.39. The first-order valence-electron chi connectivity index (χ1n) is 10.9. The largest absolute Gasteiger partial charge is 0.463 e. The second kappa shape index (κ2) is 10.5. The molecular formula is C27H24N2O5. The maximum absolute atomic E-state index is 12.8. The minimum atomic E-state index is -0.729. The molecule has 0 saturated carbocycles. The third-order valence-electron chi connectivity index (χ3n) is 5.36. The van der Waals surface area contributed by atoms with Crippen LogP contribution in [0, 0.1) is 0 Å². The molecule has 1 heterocycles. The molecule has 4 rings (SSSR count). The number of carbonyl (C=O) groups excluding carboxylic acids is 3. The van der Waals surface area contributed by atoms with Crippen LogP contribution in [0.2, 0.25) is 0 Å². The molecule has 0 saturated heterocycles. The Kier molecular flexibility index (Phi) is 7.03. The quantitative estimate of drug-likeness (QED) is 0.515. The van der Waals surface area contributed by atoms with Gasteiger partial charge in [0.1, 0.15) is 6.61 Å². The SMILES string of the molecule is CCOC(=O)C1=C(COC(=O)c2ccc(-c3ccccc3)cc2)NC(=O)N[C@H]1c1ccccc1. The van der Waals surface area contributed by atoms with Crippen LogP contribution in [0.25, 0.3) is 11.1 Å². The summed E-state index contributed by atoms with van der Waals surface area (Å²) < 4.78 is 10.7. The van der Waals surface area contributed by atoms with E-state index in [0.717, 1.165) is 11.1 Å². The average molecular weight is 456 g/mol. The number of hydrogen-bond donors (Lipinski definition) is 2. The fourth-order valence-electron chi connectivity index (χ4n) is 3.73. The van der Waals surface area contributed by atoms with Crippen molar-refractivity contribution in [1.82, 2.24) is 10.6 Å². The Morgan fingerprint density at radius 3 is 2.06 bits per heavy atom. The molecule has 2 amide bonds. The van der Waals surface area contributed by atoms with E-state index in [1.807, 2.05) is 60.7 Å². The summed E-state index contributed by atoms with van der Waals surface area (Å²) in [4.78, 5) is 37.8. The van der Waals surface area contributed by atoms with E-state index in [9.17, 15) is 14.4 Å². The molecule has 7 nitrogen and oxygen atoms in total. The smallest absolute Gasteiger partial charge is 0.338 e. The molecule has 0 fully saturated rings. The zero-order chi connectivity index (χ0) is 23.9. The molecule has 0 aliphatic carbocycles. The number of nitrogens with one attached hydrogen (secondary N) is 2. The van der Waals surface area contributed by atoms with Gasteiger partial charge in [0.25, 0.3) is 0 Å². The monoisotopic (exact) mass is 456 g/mol. The highest BCUT2D eigenvalue weighted by Gasteiger charge is 2.34. The van der Waals surface area contributed by atoms with Crippen molar-refractivity contribution in [1.29, 1.82) is 0 Å². The van der Waals surface area contributed by atoms with Gasteiger partial charge in [0.05, 0.1) is 29.5 Å². The summed E-state index contributed by atoms with van der Waals surface area (Å²) in [6.45, 7) is 1.58. The summed E-state index contributed by atoms with van der Waals surface area (Å²) >= 11 is 0. The Morgan fingerprint density at radius 1 is 0.794 bits per heavy atom. The highest BCUT2D eigenvalue weighted by molar-refractivity contribution is 5.95. The van der Waals surface area contributed by atoms with Crippen LogP contribution in [0.15, 0.2) is 96.2 Å². The van der Waals surface area contributed by atoms with E-state index < -0.39 is 24.0 Å². The Balaban J connectivity index is 1.55. The van der Waals surface area contributed by atoms with Crippen LogP contribution in [-0.2, 0) is 14.3 Å². The molecule has 3 aromatic rings. The van der Waals surface area contributed by atoms with Crippen molar-refractivity contribution < 1.29 is 23.9 Å². The standard InChI is InChI=1S/C27H24N2O5/c1-2-33-26(31)23-22(28-27(32)29-24(23)20-11-7-4-8-12-20)17-34-25(30)21-15-13-19(14-16-21)18-9-5-3-6-10-18/h3-16,24H,2,17H2,1H3,(H2,28,29,32)/t24-/m0/s1. The molecule has 172 valence electrons. The summed E-state index contributed by atoms with van der Waals surface area (Å²) in [5, 5.41) is 5.34. The van der Waals surface area contributed by atoms with Crippen molar-refractivity contribution in [3.8, 4) is 11.1 Å². The van der Waals surface area contributed by atoms with Crippen LogP contribution >= 0.6 is 0 Å². The number of rotatable bonds is 7. The van der Waals surface area contributed by atoms with Crippen LogP contribution < -0.4 is 10.6 Å². The summed E-state index contributed by atoms with van der Waals surface area (Å²) in [5.41, 5.74) is 3.46. The molecular weight excluding hydrogens is 432 g/mol. The van der Waals surface area contributed by atoms with Gasteiger partial charge in [-0.1, -0.05) is 72.8 Å². The van der Waals surface area contributed by atoms with Gasteiger partial charge < -0.3 is 20.1 Å². The van der Waals surface area contributed by atoms with Crippen LogP contribution in [0.5, 0.6) is 0 Å². The number of amides is 2. The van der Waals surface area contributed by atoms with Gasteiger partial charge in [-0.25, -0.2) is 14.4 Å². The third-order valence-corrected chi connectivity index (χ3v) is 5.36. The van der Waals surface area contributed by atoms with Gasteiger partial charge >= 0.3 is 18.0 Å². The van der Waals surface area contributed by atoms with Crippen LogP contribution in [0.4, 0.5) is 4.79 Å². The van der Waals surface area contributed by atoms with Crippen molar-refractivity contribution in [2.45, 2.75) is 13.0 Å².